The minimum Gasteiger partial charge on any atom is -0.414 e. The van der Waals surface area contributed by atoms with Crippen LogP contribution in [0.4, 0.5) is 10.2 Å². The number of sulfone groups is 1. The van der Waals surface area contributed by atoms with Gasteiger partial charge in [-0.3, -0.25) is 0 Å². The first-order chi connectivity index (χ1) is 17.7. The highest BCUT2D eigenvalue weighted by molar-refractivity contribution is 7.92. The summed E-state index contributed by atoms with van der Waals surface area (Å²) < 4.78 is 45.4. The Bertz CT molecular complexity index is 1530. The third-order valence-electron chi connectivity index (χ3n) is 6.49. The smallest absolute Gasteiger partial charge is 0.270 e. The summed E-state index contributed by atoms with van der Waals surface area (Å²) >= 11 is 0. The van der Waals surface area contributed by atoms with Crippen LogP contribution in [0.5, 0.6) is 0 Å². The zero-order valence-corrected chi connectivity index (χ0v) is 21.3. The number of hydrogen-bond acceptors (Lipinski definition) is 9. The molecule has 11 heteroatoms. The lowest BCUT2D eigenvalue weighted by Gasteiger charge is -2.26. The standard InChI is InChI=1S/C26H27FN6O3S/c1-15(2)37(34,35)19-9-7-17(8-10-19)22-14-30-24(28)23(31-22)26-33-32-25(36-26)20-11-6-16(12-21(20)27)13-29-18-4-3-5-18/h6-12,14-15,18,29H,3-5,13H2,1-2H3,(H2,28,30). The molecule has 0 bridgehead atoms. The van der Waals surface area contributed by atoms with Crippen molar-refractivity contribution in [2.75, 3.05) is 5.73 Å². The van der Waals surface area contributed by atoms with E-state index in [-0.39, 0.29) is 33.8 Å². The van der Waals surface area contributed by atoms with Crippen LogP contribution in [0, 0.1) is 5.82 Å². The molecule has 1 aliphatic rings. The van der Waals surface area contributed by atoms with Gasteiger partial charge in [0.15, 0.2) is 21.3 Å². The first-order valence-electron chi connectivity index (χ1n) is 12.1. The van der Waals surface area contributed by atoms with Gasteiger partial charge in [0.25, 0.3) is 11.8 Å². The predicted octanol–water partition coefficient (Wildman–Crippen LogP) is 4.41. The fourth-order valence-corrected chi connectivity index (χ4v) is 4.99. The van der Waals surface area contributed by atoms with Gasteiger partial charge in [-0.25, -0.2) is 22.8 Å². The predicted molar refractivity (Wildman–Crippen MR) is 137 cm³/mol. The van der Waals surface area contributed by atoms with Gasteiger partial charge in [0.1, 0.15) is 5.82 Å². The molecule has 192 valence electrons. The third-order valence-corrected chi connectivity index (χ3v) is 8.66. The van der Waals surface area contributed by atoms with E-state index in [0.717, 1.165) is 18.4 Å². The highest BCUT2D eigenvalue weighted by atomic mass is 32.2. The zero-order chi connectivity index (χ0) is 26.2. The van der Waals surface area contributed by atoms with Crippen molar-refractivity contribution >= 4 is 15.7 Å². The molecule has 0 atom stereocenters. The normalized spacial score (nSPS) is 14.2. The number of hydrogen-bond donors (Lipinski definition) is 2. The molecule has 1 aliphatic carbocycles. The average Bonchev–Trinajstić information content (AvgIpc) is 3.33. The Balaban J connectivity index is 1.38. The maximum Gasteiger partial charge on any atom is 0.270 e. The molecule has 9 nitrogen and oxygen atoms in total. The largest absolute Gasteiger partial charge is 0.414 e. The third kappa shape index (κ3) is 5.09. The number of anilines is 1. The Hall–Kier alpha value is -3.70. The van der Waals surface area contributed by atoms with E-state index in [9.17, 15) is 12.8 Å². The van der Waals surface area contributed by atoms with Crippen LogP contribution in [0.3, 0.4) is 0 Å². The van der Waals surface area contributed by atoms with Crippen molar-refractivity contribution in [1.29, 1.82) is 0 Å². The number of nitrogen functional groups attached to an aromatic ring is 1. The van der Waals surface area contributed by atoms with Gasteiger partial charge < -0.3 is 15.5 Å². The summed E-state index contributed by atoms with van der Waals surface area (Å²) in [7, 11) is -3.39. The monoisotopic (exact) mass is 522 g/mol. The maximum absolute atomic E-state index is 14.8. The summed E-state index contributed by atoms with van der Waals surface area (Å²) in [6.07, 6.45) is 5.02. The molecule has 0 aliphatic heterocycles. The quantitative estimate of drug-likeness (QED) is 0.345. The summed E-state index contributed by atoms with van der Waals surface area (Å²) in [4.78, 5) is 8.90. The molecular formula is C26H27FN6O3S. The molecule has 2 heterocycles. The summed E-state index contributed by atoms with van der Waals surface area (Å²) in [5.41, 5.74) is 8.26. The Morgan fingerprint density at radius 2 is 1.84 bits per heavy atom. The van der Waals surface area contributed by atoms with Crippen LogP contribution in [0.25, 0.3) is 34.3 Å². The van der Waals surface area contributed by atoms with Crippen LogP contribution >= 0.6 is 0 Å². The second-order valence-electron chi connectivity index (χ2n) is 9.34. The highest BCUT2D eigenvalue weighted by Crippen LogP contribution is 2.30. The van der Waals surface area contributed by atoms with E-state index < -0.39 is 20.9 Å². The highest BCUT2D eigenvalue weighted by Gasteiger charge is 2.21. The van der Waals surface area contributed by atoms with Crippen molar-refractivity contribution in [1.82, 2.24) is 25.5 Å². The molecule has 0 spiro atoms. The molecule has 5 rings (SSSR count). The summed E-state index contributed by atoms with van der Waals surface area (Å²) in [6.45, 7) is 3.86. The lowest BCUT2D eigenvalue weighted by Crippen LogP contribution is -2.34. The van der Waals surface area contributed by atoms with Gasteiger partial charge in [-0.15, -0.1) is 10.2 Å². The number of nitrogens with one attached hydrogen (secondary N) is 1. The van der Waals surface area contributed by atoms with E-state index in [0.29, 0.717) is 23.8 Å². The number of nitrogens with two attached hydrogens (primary N) is 1. The van der Waals surface area contributed by atoms with Crippen LogP contribution < -0.4 is 11.1 Å². The van der Waals surface area contributed by atoms with E-state index in [2.05, 4.69) is 25.5 Å². The van der Waals surface area contributed by atoms with E-state index in [4.69, 9.17) is 10.2 Å². The van der Waals surface area contributed by atoms with Crippen LogP contribution in [-0.4, -0.2) is 39.9 Å². The van der Waals surface area contributed by atoms with E-state index in [1.165, 1.54) is 30.8 Å². The van der Waals surface area contributed by atoms with Crippen molar-refractivity contribution in [2.24, 2.45) is 0 Å². The van der Waals surface area contributed by atoms with Crippen LogP contribution in [-0.2, 0) is 16.4 Å². The molecule has 3 N–H and O–H groups in total. The van der Waals surface area contributed by atoms with Crippen LogP contribution in [0.15, 0.2) is 58.0 Å². The molecular weight excluding hydrogens is 495 g/mol. The molecule has 0 unspecified atom stereocenters. The summed E-state index contributed by atoms with van der Waals surface area (Å²) in [5.74, 6) is -0.403. The Labute approximate surface area is 214 Å². The van der Waals surface area contributed by atoms with Crippen molar-refractivity contribution in [3.8, 4) is 34.3 Å². The van der Waals surface area contributed by atoms with Crippen molar-refractivity contribution < 1.29 is 17.2 Å². The summed E-state index contributed by atoms with van der Waals surface area (Å²) in [6, 6.07) is 11.8. The minimum atomic E-state index is -3.39. The molecule has 2 aromatic carbocycles. The van der Waals surface area contributed by atoms with Gasteiger partial charge in [-0.2, -0.15) is 0 Å². The second-order valence-corrected chi connectivity index (χ2v) is 11.8. The van der Waals surface area contributed by atoms with E-state index in [1.54, 1.807) is 32.0 Å². The van der Waals surface area contributed by atoms with Gasteiger partial charge in [0.2, 0.25) is 0 Å². The second kappa shape index (κ2) is 9.98. The van der Waals surface area contributed by atoms with Crippen molar-refractivity contribution in [2.45, 2.75) is 55.8 Å². The Kier molecular flexibility index (Phi) is 6.74. The lowest BCUT2D eigenvalue weighted by atomic mass is 9.93. The fraction of sp³-hybridized carbons (Fsp3) is 0.308. The molecule has 1 fully saturated rings. The minimum absolute atomic E-state index is 0.000787. The molecule has 2 aromatic heterocycles. The van der Waals surface area contributed by atoms with E-state index in [1.807, 2.05) is 6.07 Å². The molecule has 37 heavy (non-hydrogen) atoms. The van der Waals surface area contributed by atoms with Crippen LogP contribution in [0.1, 0.15) is 38.7 Å². The van der Waals surface area contributed by atoms with Gasteiger partial charge in [-0.05, 0) is 56.5 Å². The number of nitrogens with zero attached hydrogens (tertiary/aromatic N) is 4. The van der Waals surface area contributed by atoms with Crippen LogP contribution in [0.2, 0.25) is 0 Å². The Morgan fingerprint density at radius 3 is 2.49 bits per heavy atom. The van der Waals surface area contributed by atoms with Crippen molar-refractivity contribution in [3.05, 3.63) is 60.0 Å². The SMILES string of the molecule is CC(C)S(=O)(=O)c1ccc(-c2cnc(N)c(-c3nnc(-c4ccc(CNC5CCC5)cc4F)o3)n2)cc1. The Morgan fingerprint density at radius 1 is 1.11 bits per heavy atom. The van der Waals surface area contributed by atoms with Crippen molar-refractivity contribution in [3.63, 3.8) is 0 Å². The molecule has 0 amide bonds. The molecule has 0 saturated heterocycles. The zero-order valence-electron chi connectivity index (χ0n) is 20.5. The topological polar surface area (TPSA) is 137 Å². The van der Waals surface area contributed by atoms with Gasteiger partial charge in [-0.1, -0.05) is 24.6 Å². The first kappa shape index (κ1) is 25.0. The molecule has 4 aromatic rings. The summed E-state index contributed by atoms with van der Waals surface area (Å²) in [5, 5.41) is 10.9. The first-order valence-corrected chi connectivity index (χ1v) is 13.6. The number of benzene rings is 2. The number of aromatic nitrogens is 4. The maximum atomic E-state index is 14.8. The lowest BCUT2D eigenvalue weighted by molar-refractivity contribution is 0.338. The van der Waals surface area contributed by atoms with Gasteiger partial charge in [0, 0.05) is 18.2 Å². The van der Waals surface area contributed by atoms with E-state index >= 15 is 0 Å². The van der Waals surface area contributed by atoms with Gasteiger partial charge >= 0.3 is 0 Å². The average molecular weight is 523 g/mol. The number of rotatable bonds is 8. The molecule has 1 saturated carbocycles. The molecule has 0 radical (unpaired) electrons. The van der Waals surface area contributed by atoms with Gasteiger partial charge in [0.05, 0.1) is 27.6 Å². The number of halogens is 1. The fourth-order valence-electron chi connectivity index (χ4n) is 3.93.